The van der Waals surface area contributed by atoms with E-state index < -0.39 is 5.60 Å². The number of hydrogen-bond donors (Lipinski definition) is 2. The molecule has 1 unspecified atom stereocenters. The summed E-state index contributed by atoms with van der Waals surface area (Å²) < 4.78 is 5.61. The molecule has 4 aliphatic carbocycles. The molecule has 1 aliphatic heterocycles. The first kappa shape index (κ1) is 22.2. The van der Waals surface area contributed by atoms with Gasteiger partial charge < -0.3 is 15.4 Å². The van der Waals surface area contributed by atoms with Crippen LogP contribution in [-0.2, 0) is 4.74 Å². The van der Waals surface area contributed by atoms with Gasteiger partial charge in [-0.05, 0) is 102 Å². The monoisotopic (exact) mass is 448 g/mol. The molecule has 2 N–H and O–H groups in total. The van der Waals surface area contributed by atoms with Crippen molar-refractivity contribution < 1.29 is 9.53 Å². The van der Waals surface area contributed by atoms with Gasteiger partial charge in [0.05, 0.1) is 29.3 Å². The predicted octanol–water partition coefficient (Wildman–Crippen LogP) is 5.63. The van der Waals surface area contributed by atoms with Gasteiger partial charge in [-0.2, -0.15) is 0 Å². The minimum atomic E-state index is -0.539. The molecule has 5 aliphatic rings. The lowest BCUT2D eigenvalue weighted by Gasteiger charge is -2.57. The summed E-state index contributed by atoms with van der Waals surface area (Å²) in [5, 5.41) is 7.14. The van der Waals surface area contributed by atoms with Crippen LogP contribution >= 0.6 is 0 Å². The molecule has 6 heteroatoms. The third-order valence-corrected chi connectivity index (χ3v) is 7.55. The molecule has 0 amide bonds. The molecule has 4 fully saturated rings. The van der Waals surface area contributed by atoms with E-state index in [2.05, 4.69) is 22.5 Å². The summed E-state index contributed by atoms with van der Waals surface area (Å²) in [7, 11) is 0. The Kier molecular flexibility index (Phi) is 5.58. The van der Waals surface area contributed by atoms with E-state index in [1.807, 2.05) is 51.4 Å². The Morgan fingerprint density at radius 2 is 1.85 bits per heavy atom. The van der Waals surface area contributed by atoms with Crippen LogP contribution in [0.15, 0.2) is 40.0 Å². The van der Waals surface area contributed by atoms with Crippen molar-refractivity contribution in [3.8, 4) is 0 Å². The first-order chi connectivity index (χ1) is 15.7. The molecule has 33 heavy (non-hydrogen) atoms. The Bertz CT molecular complexity index is 982. The molecule has 1 heterocycles. The second-order valence-corrected chi connectivity index (χ2v) is 11.6. The molecule has 0 saturated heterocycles. The van der Waals surface area contributed by atoms with E-state index in [1.165, 1.54) is 38.5 Å². The lowest BCUT2D eigenvalue weighted by atomic mass is 9.53. The molecule has 1 atom stereocenters. The fraction of sp³-hybridized carbons (Fsp3) is 0.593. The number of ether oxygens (including phenoxy) is 1. The number of esters is 1. The van der Waals surface area contributed by atoms with Gasteiger partial charge in [-0.15, -0.1) is 0 Å². The second-order valence-electron chi connectivity index (χ2n) is 11.6. The highest BCUT2D eigenvalue weighted by atomic mass is 16.6. The van der Waals surface area contributed by atoms with Crippen LogP contribution in [0.3, 0.4) is 0 Å². The smallest absolute Gasteiger partial charge is 0.338 e. The normalized spacial score (nSPS) is 32.5. The first-order valence-electron chi connectivity index (χ1n) is 12.4. The lowest BCUT2D eigenvalue weighted by Crippen LogP contribution is -2.54. The van der Waals surface area contributed by atoms with Crippen molar-refractivity contribution in [3.05, 3.63) is 35.5 Å². The largest absolute Gasteiger partial charge is 0.456 e. The number of benzene rings is 1. The van der Waals surface area contributed by atoms with Crippen molar-refractivity contribution in [1.82, 2.24) is 5.32 Å². The lowest BCUT2D eigenvalue weighted by molar-refractivity contribution is 0.00695. The molecule has 4 saturated carbocycles. The Morgan fingerprint density at radius 1 is 1.18 bits per heavy atom. The number of hydrogen-bond acceptors (Lipinski definition) is 6. The number of rotatable bonds is 5. The average molecular weight is 449 g/mol. The highest BCUT2D eigenvalue weighted by Crippen LogP contribution is 2.57. The number of aliphatic imine (C=N–C) groups is 2. The van der Waals surface area contributed by atoms with Crippen molar-refractivity contribution in [2.75, 3.05) is 5.32 Å². The molecule has 6 nitrogen and oxygen atoms in total. The number of carbonyl (C=O) groups excluding carboxylic acids is 1. The summed E-state index contributed by atoms with van der Waals surface area (Å²) in [5.74, 6) is 2.24. The summed E-state index contributed by atoms with van der Waals surface area (Å²) in [6.45, 7) is 7.74. The van der Waals surface area contributed by atoms with E-state index in [-0.39, 0.29) is 17.6 Å². The summed E-state index contributed by atoms with van der Waals surface area (Å²) >= 11 is 0. The van der Waals surface area contributed by atoms with Crippen molar-refractivity contribution in [3.63, 3.8) is 0 Å². The number of carbonyl (C=O) groups is 1. The molecule has 0 aromatic heterocycles. The molecule has 1 aromatic carbocycles. The Morgan fingerprint density at radius 3 is 2.45 bits per heavy atom. The van der Waals surface area contributed by atoms with Crippen LogP contribution in [0.5, 0.6) is 0 Å². The Hall–Kier alpha value is -2.63. The van der Waals surface area contributed by atoms with Crippen LogP contribution < -0.4 is 10.6 Å². The van der Waals surface area contributed by atoms with Crippen molar-refractivity contribution in [2.45, 2.75) is 83.4 Å². The molecular formula is C27H36N4O2. The highest BCUT2D eigenvalue weighted by Gasteiger charge is 2.51. The van der Waals surface area contributed by atoms with E-state index in [9.17, 15) is 4.79 Å². The van der Waals surface area contributed by atoms with Gasteiger partial charge in [0.25, 0.3) is 0 Å². The fourth-order valence-corrected chi connectivity index (χ4v) is 6.53. The van der Waals surface area contributed by atoms with Crippen LogP contribution in [-0.4, -0.2) is 35.7 Å². The summed E-state index contributed by atoms with van der Waals surface area (Å²) in [6, 6.07) is 5.88. The van der Waals surface area contributed by atoms with E-state index in [1.54, 1.807) is 6.34 Å². The zero-order chi connectivity index (χ0) is 23.2. The van der Waals surface area contributed by atoms with Gasteiger partial charge in [0, 0.05) is 23.5 Å². The number of nitrogens with one attached hydrogen (secondary N) is 2. The first-order valence-corrected chi connectivity index (χ1v) is 12.4. The SMILES string of the molecule is CC1NC=NC=C1/C=N\c1cc(C(=O)OC(C)(C)C)ccc1NC12CC3CC(CC(C3)C1)C2. The maximum absolute atomic E-state index is 12.8. The second kappa shape index (κ2) is 8.30. The highest BCUT2D eigenvalue weighted by molar-refractivity contribution is 5.93. The van der Waals surface area contributed by atoms with Gasteiger partial charge in [-0.3, -0.25) is 4.99 Å². The average Bonchev–Trinajstić information content (AvgIpc) is 2.71. The van der Waals surface area contributed by atoms with Gasteiger partial charge in [0.15, 0.2) is 0 Å². The minimum absolute atomic E-state index is 0.139. The van der Waals surface area contributed by atoms with Crippen LogP contribution in [0.2, 0.25) is 0 Å². The van der Waals surface area contributed by atoms with Gasteiger partial charge in [-0.25, -0.2) is 9.79 Å². The molecule has 176 valence electrons. The minimum Gasteiger partial charge on any atom is -0.456 e. The maximum atomic E-state index is 12.8. The summed E-state index contributed by atoms with van der Waals surface area (Å²) in [4.78, 5) is 21.8. The van der Waals surface area contributed by atoms with E-state index >= 15 is 0 Å². The maximum Gasteiger partial charge on any atom is 0.338 e. The van der Waals surface area contributed by atoms with Gasteiger partial charge >= 0.3 is 5.97 Å². The predicted molar refractivity (Wildman–Crippen MR) is 133 cm³/mol. The van der Waals surface area contributed by atoms with Gasteiger partial charge in [-0.1, -0.05) is 0 Å². The topological polar surface area (TPSA) is 75.1 Å². The zero-order valence-electron chi connectivity index (χ0n) is 20.2. The van der Waals surface area contributed by atoms with Crippen molar-refractivity contribution in [1.29, 1.82) is 0 Å². The van der Waals surface area contributed by atoms with Crippen molar-refractivity contribution >= 4 is 29.9 Å². The number of nitrogens with zero attached hydrogens (tertiary/aromatic N) is 2. The molecule has 1 aromatic rings. The molecule has 4 bridgehead atoms. The number of anilines is 1. The third-order valence-electron chi connectivity index (χ3n) is 7.55. The molecule has 0 spiro atoms. The van der Waals surface area contributed by atoms with E-state index in [0.29, 0.717) is 5.56 Å². The Labute approximate surface area is 197 Å². The van der Waals surface area contributed by atoms with Crippen LogP contribution in [0, 0.1) is 17.8 Å². The van der Waals surface area contributed by atoms with Crippen LogP contribution in [0.25, 0.3) is 0 Å². The summed E-state index contributed by atoms with van der Waals surface area (Å²) in [6.07, 6.45) is 13.3. The molecule has 0 radical (unpaired) electrons. The molecule has 6 rings (SSSR count). The van der Waals surface area contributed by atoms with Crippen molar-refractivity contribution in [2.24, 2.45) is 27.7 Å². The standard InChI is InChI=1S/C27H36N4O2/c1-17-22(14-28-16-30-17)15-29-24-10-21(25(32)33-26(2,3)4)5-6-23(24)31-27-11-18-7-19(12-27)9-20(8-18)13-27/h5-6,10,14-20,31H,7-9,11-13H2,1-4H3,(H,28,30)/b29-15-. The quantitative estimate of drug-likeness (QED) is 0.452. The Balaban J connectivity index is 1.45. The van der Waals surface area contributed by atoms with E-state index in [4.69, 9.17) is 9.73 Å². The van der Waals surface area contributed by atoms with Gasteiger partial charge in [0.1, 0.15) is 5.60 Å². The summed E-state index contributed by atoms with van der Waals surface area (Å²) in [5.41, 5.74) is 2.92. The fourth-order valence-electron chi connectivity index (χ4n) is 6.53. The van der Waals surface area contributed by atoms with Crippen LogP contribution in [0.4, 0.5) is 11.4 Å². The van der Waals surface area contributed by atoms with Crippen LogP contribution in [0.1, 0.15) is 76.6 Å². The van der Waals surface area contributed by atoms with Gasteiger partial charge in [0.2, 0.25) is 0 Å². The zero-order valence-corrected chi connectivity index (χ0v) is 20.2. The van der Waals surface area contributed by atoms with E-state index in [0.717, 1.165) is 34.7 Å². The molecular weight excluding hydrogens is 412 g/mol. The third kappa shape index (κ3) is 4.85.